The average Bonchev–Trinajstić information content (AvgIpc) is 2.68. The van der Waals surface area contributed by atoms with Gasteiger partial charge in [0.2, 0.25) is 0 Å². The predicted molar refractivity (Wildman–Crippen MR) is 97.1 cm³/mol. The van der Waals surface area contributed by atoms with E-state index < -0.39 is 0 Å². The van der Waals surface area contributed by atoms with E-state index in [0.717, 1.165) is 37.7 Å². The van der Waals surface area contributed by atoms with Crippen molar-refractivity contribution in [2.75, 3.05) is 50.8 Å². The molecule has 0 unspecified atom stereocenters. The Bertz CT molecular complexity index is 620. The van der Waals surface area contributed by atoms with Gasteiger partial charge in [-0.05, 0) is 37.8 Å². The van der Waals surface area contributed by atoms with Crippen molar-refractivity contribution >= 4 is 17.8 Å². The minimum Gasteiger partial charge on any atom is -0.450 e. The van der Waals surface area contributed by atoms with Crippen LogP contribution in [0.25, 0.3) is 0 Å². The normalized spacial score (nSPS) is 18.8. The summed E-state index contributed by atoms with van der Waals surface area (Å²) in [6.45, 7) is 8.28. The zero-order valence-electron chi connectivity index (χ0n) is 15.6. The molecule has 2 amide bonds. The third-order valence-electron chi connectivity index (χ3n) is 5.07. The first-order valence-corrected chi connectivity index (χ1v) is 9.38. The number of ether oxygens (including phenoxy) is 1. The highest BCUT2D eigenvalue weighted by Crippen LogP contribution is 2.21. The van der Waals surface area contributed by atoms with Crippen LogP contribution in [-0.4, -0.2) is 77.9 Å². The van der Waals surface area contributed by atoms with E-state index >= 15 is 0 Å². The van der Waals surface area contributed by atoms with E-state index in [1.54, 1.807) is 22.8 Å². The van der Waals surface area contributed by atoms with Crippen molar-refractivity contribution in [3.63, 3.8) is 0 Å². The summed E-state index contributed by atoms with van der Waals surface area (Å²) in [5.74, 6) is 1.45. The second-order valence-electron chi connectivity index (χ2n) is 6.92. The van der Waals surface area contributed by atoms with E-state index in [9.17, 15) is 9.59 Å². The van der Waals surface area contributed by atoms with Gasteiger partial charge in [-0.25, -0.2) is 4.79 Å². The van der Waals surface area contributed by atoms with Crippen molar-refractivity contribution < 1.29 is 14.3 Å². The lowest BCUT2D eigenvalue weighted by Gasteiger charge is -2.34. The summed E-state index contributed by atoms with van der Waals surface area (Å²) in [4.78, 5) is 29.9. The molecule has 2 saturated heterocycles. The third-order valence-corrected chi connectivity index (χ3v) is 5.07. The molecule has 142 valence electrons. The molecule has 0 aromatic carbocycles. The van der Waals surface area contributed by atoms with E-state index in [4.69, 9.17) is 4.74 Å². The standard InChI is InChI=1S/C18H27N5O3/c1-3-26-18(25)23-12-10-22(11-13-23)17(24)15-4-5-16(20-19-15)21-8-6-14(2)7-9-21/h4-5,14H,3,6-13H2,1-2H3. The summed E-state index contributed by atoms with van der Waals surface area (Å²) in [5, 5.41) is 8.40. The molecule has 0 aliphatic carbocycles. The molecule has 0 spiro atoms. The summed E-state index contributed by atoms with van der Waals surface area (Å²) in [7, 11) is 0. The van der Waals surface area contributed by atoms with Crippen molar-refractivity contribution in [1.29, 1.82) is 0 Å². The van der Waals surface area contributed by atoms with Gasteiger partial charge in [-0.2, -0.15) is 0 Å². The molecule has 0 bridgehead atoms. The largest absolute Gasteiger partial charge is 0.450 e. The Morgan fingerprint density at radius 3 is 2.27 bits per heavy atom. The zero-order chi connectivity index (χ0) is 18.5. The molecule has 2 aliphatic heterocycles. The Labute approximate surface area is 154 Å². The number of carbonyl (C=O) groups excluding carboxylic acids is 2. The monoisotopic (exact) mass is 361 g/mol. The SMILES string of the molecule is CCOC(=O)N1CCN(C(=O)c2ccc(N3CCC(C)CC3)nn2)CC1. The molecule has 1 aromatic rings. The molecule has 3 rings (SSSR count). The highest BCUT2D eigenvalue weighted by Gasteiger charge is 2.26. The Morgan fingerprint density at radius 1 is 1.04 bits per heavy atom. The second kappa shape index (κ2) is 8.33. The first-order chi connectivity index (χ1) is 12.6. The molecular weight excluding hydrogens is 334 g/mol. The first kappa shape index (κ1) is 18.4. The van der Waals surface area contributed by atoms with Gasteiger partial charge in [0.15, 0.2) is 11.5 Å². The molecule has 0 radical (unpaired) electrons. The summed E-state index contributed by atoms with van der Waals surface area (Å²) in [6, 6.07) is 3.63. The van der Waals surface area contributed by atoms with Crippen molar-refractivity contribution in [3.05, 3.63) is 17.8 Å². The van der Waals surface area contributed by atoms with Crippen LogP contribution in [0.1, 0.15) is 37.2 Å². The van der Waals surface area contributed by atoms with Gasteiger partial charge in [0.25, 0.3) is 5.91 Å². The van der Waals surface area contributed by atoms with Crippen LogP contribution in [0, 0.1) is 5.92 Å². The van der Waals surface area contributed by atoms with Crippen LogP contribution >= 0.6 is 0 Å². The van der Waals surface area contributed by atoms with Crippen molar-refractivity contribution in [1.82, 2.24) is 20.0 Å². The Kier molecular flexibility index (Phi) is 5.90. The third kappa shape index (κ3) is 4.23. The average molecular weight is 361 g/mol. The fourth-order valence-corrected chi connectivity index (χ4v) is 3.31. The van der Waals surface area contributed by atoms with Gasteiger partial charge >= 0.3 is 6.09 Å². The van der Waals surface area contributed by atoms with Gasteiger partial charge in [0.05, 0.1) is 6.61 Å². The number of aromatic nitrogens is 2. The predicted octanol–water partition coefficient (Wildman–Crippen LogP) is 1.63. The van der Waals surface area contributed by atoms with Crippen molar-refractivity contribution in [2.45, 2.75) is 26.7 Å². The maximum Gasteiger partial charge on any atom is 0.409 e. The van der Waals surface area contributed by atoms with Gasteiger partial charge in [0, 0.05) is 39.3 Å². The molecule has 3 heterocycles. The number of piperidine rings is 1. The van der Waals surface area contributed by atoms with Gasteiger partial charge < -0.3 is 19.4 Å². The molecule has 1 aromatic heterocycles. The lowest BCUT2D eigenvalue weighted by Crippen LogP contribution is -2.50. The maximum absolute atomic E-state index is 12.6. The fourth-order valence-electron chi connectivity index (χ4n) is 3.31. The summed E-state index contributed by atoms with van der Waals surface area (Å²) >= 11 is 0. The number of hydrogen-bond acceptors (Lipinski definition) is 6. The van der Waals surface area contributed by atoms with E-state index in [0.29, 0.717) is 38.5 Å². The lowest BCUT2D eigenvalue weighted by molar-refractivity contribution is 0.0565. The Hall–Kier alpha value is -2.38. The number of rotatable bonds is 3. The summed E-state index contributed by atoms with van der Waals surface area (Å²) in [6.07, 6.45) is 2.00. The minimum absolute atomic E-state index is 0.139. The Balaban J connectivity index is 1.55. The van der Waals surface area contributed by atoms with Crippen LogP contribution in [0.4, 0.5) is 10.6 Å². The van der Waals surface area contributed by atoms with E-state index in [1.165, 1.54) is 0 Å². The Morgan fingerprint density at radius 2 is 1.69 bits per heavy atom. The molecule has 0 atom stereocenters. The van der Waals surface area contributed by atoms with E-state index in [1.807, 2.05) is 6.07 Å². The van der Waals surface area contributed by atoms with Gasteiger partial charge in [-0.3, -0.25) is 4.79 Å². The lowest BCUT2D eigenvalue weighted by atomic mass is 9.99. The topological polar surface area (TPSA) is 78.9 Å². The van der Waals surface area contributed by atoms with Crippen LogP contribution in [0.2, 0.25) is 0 Å². The van der Waals surface area contributed by atoms with Gasteiger partial charge in [0.1, 0.15) is 0 Å². The van der Waals surface area contributed by atoms with Crippen LogP contribution < -0.4 is 4.90 Å². The number of nitrogens with zero attached hydrogens (tertiary/aromatic N) is 5. The second-order valence-corrected chi connectivity index (χ2v) is 6.92. The number of anilines is 1. The molecule has 0 N–H and O–H groups in total. The summed E-state index contributed by atoms with van der Waals surface area (Å²) in [5.41, 5.74) is 0.351. The molecule has 2 fully saturated rings. The van der Waals surface area contributed by atoms with E-state index in [-0.39, 0.29) is 12.0 Å². The van der Waals surface area contributed by atoms with Crippen LogP contribution in [0.15, 0.2) is 12.1 Å². The number of piperazine rings is 1. The minimum atomic E-state index is -0.320. The quantitative estimate of drug-likeness (QED) is 0.814. The highest BCUT2D eigenvalue weighted by molar-refractivity contribution is 5.92. The number of hydrogen-bond donors (Lipinski definition) is 0. The van der Waals surface area contributed by atoms with Crippen LogP contribution in [-0.2, 0) is 4.74 Å². The van der Waals surface area contributed by atoms with Crippen molar-refractivity contribution in [3.8, 4) is 0 Å². The van der Waals surface area contributed by atoms with Crippen LogP contribution in [0.5, 0.6) is 0 Å². The number of carbonyl (C=O) groups is 2. The molecule has 8 nitrogen and oxygen atoms in total. The highest BCUT2D eigenvalue weighted by atomic mass is 16.6. The molecular formula is C18H27N5O3. The molecule has 0 saturated carbocycles. The maximum atomic E-state index is 12.6. The summed E-state index contributed by atoms with van der Waals surface area (Å²) < 4.78 is 5.00. The number of amides is 2. The fraction of sp³-hybridized carbons (Fsp3) is 0.667. The van der Waals surface area contributed by atoms with Crippen LogP contribution in [0.3, 0.4) is 0 Å². The molecule has 2 aliphatic rings. The first-order valence-electron chi connectivity index (χ1n) is 9.38. The molecule has 26 heavy (non-hydrogen) atoms. The van der Waals surface area contributed by atoms with Crippen molar-refractivity contribution in [2.24, 2.45) is 5.92 Å². The molecule has 8 heteroatoms. The zero-order valence-corrected chi connectivity index (χ0v) is 15.6. The van der Waals surface area contributed by atoms with Gasteiger partial charge in [-0.15, -0.1) is 10.2 Å². The smallest absolute Gasteiger partial charge is 0.409 e. The van der Waals surface area contributed by atoms with E-state index in [2.05, 4.69) is 22.0 Å². The van der Waals surface area contributed by atoms with Gasteiger partial charge in [-0.1, -0.05) is 6.92 Å².